The number of anilines is 1. The van der Waals surface area contributed by atoms with Crippen LogP contribution >= 0.6 is 0 Å². The van der Waals surface area contributed by atoms with Gasteiger partial charge in [-0.15, -0.1) is 0 Å². The Bertz CT molecular complexity index is 1070. The van der Waals surface area contributed by atoms with Crippen LogP contribution < -0.4 is 10.1 Å². The van der Waals surface area contributed by atoms with Crippen molar-refractivity contribution in [2.45, 2.75) is 13.0 Å². The number of benzene rings is 2. The number of amides is 2. The predicted octanol–water partition coefficient (Wildman–Crippen LogP) is 3.62. The number of nitrogens with one attached hydrogen (secondary N) is 1. The highest BCUT2D eigenvalue weighted by Crippen LogP contribution is 2.28. The standard InChI is InChI=1S/C26H28N4O3/c1-2-33-23-11-7-6-10-22(23)28-25(31)24(20-8-4-3-5-9-20)29-16-18-30(19-17-29)26(32)21-12-14-27-15-13-21/h3-15,24H,2,16-19H2,1H3,(H,28,31). The maximum Gasteiger partial charge on any atom is 0.254 e. The zero-order valence-electron chi connectivity index (χ0n) is 18.7. The number of carbonyl (C=O) groups excluding carboxylic acids is 2. The number of pyridine rings is 1. The largest absolute Gasteiger partial charge is 0.492 e. The molecule has 0 saturated carbocycles. The van der Waals surface area contributed by atoms with Crippen LogP contribution in [0.4, 0.5) is 5.69 Å². The van der Waals surface area contributed by atoms with Crippen molar-refractivity contribution in [2.24, 2.45) is 0 Å². The maximum atomic E-state index is 13.5. The Morgan fingerprint density at radius 3 is 2.30 bits per heavy atom. The molecule has 2 heterocycles. The summed E-state index contributed by atoms with van der Waals surface area (Å²) in [7, 11) is 0. The third kappa shape index (κ3) is 5.38. The number of carbonyl (C=O) groups is 2. The summed E-state index contributed by atoms with van der Waals surface area (Å²) < 4.78 is 5.67. The van der Waals surface area contributed by atoms with E-state index in [1.165, 1.54) is 0 Å². The summed E-state index contributed by atoms with van der Waals surface area (Å²) >= 11 is 0. The zero-order chi connectivity index (χ0) is 23.0. The first kappa shape index (κ1) is 22.5. The molecule has 7 nitrogen and oxygen atoms in total. The molecule has 1 aromatic heterocycles. The second-order valence-corrected chi connectivity index (χ2v) is 7.80. The molecule has 7 heteroatoms. The smallest absolute Gasteiger partial charge is 0.254 e. The van der Waals surface area contributed by atoms with Gasteiger partial charge in [-0.05, 0) is 36.8 Å². The molecule has 2 amide bonds. The lowest BCUT2D eigenvalue weighted by Crippen LogP contribution is -2.51. The van der Waals surface area contributed by atoms with E-state index in [2.05, 4.69) is 15.2 Å². The van der Waals surface area contributed by atoms with Gasteiger partial charge < -0.3 is 15.0 Å². The van der Waals surface area contributed by atoms with E-state index in [0.717, 1.165) is 5.56 Å². The zero-order valence-corrected chi connectivity index (χ0v) is 18.7. The number of ether oxygens (including phenoxy) is 1. The lowest BCUT2D eigenvalue weighted by Gasteiger charge is -2.38. The average Bonchev–Trinajstić information content (AvgIpc) is 2.87. The molecule has 1 atom stereocenters. The Hall–Kier alpha value is -3.71. The van der Waals surface area contributed by atoms with E-state index in [4.69, 9.17) is 4.74 Å². The Morgan fingerprint density at radius 1 is 0.939 bits per heavy atom. The number of aromatic nitrogens is 1. The lowest BCUT2D eigenvalue weighted by molar-refractivity contribution is -0.122. The van der Waals surface area contributed by atoms with E-state index in [-0.39, 0.29) is 11.8 Å². The highest BCUT2D eigenvalue weighted by molar-refractivity contribution is 5.97. The summed E-state index contributed by atoms with van der Waals surface area (Å²) in [5, 5.41) is 3.06. The van der Waals surface area contributed by atoms with Crippen molar-refractivity contribution in [1.82, 2.24) is 14.8 Å². The highest BCUT2D eigenvalue weighted by atomic mass is 16.5. The molecule has 1 saturated heterocycles. The summed E-state index contributed by atoms with van der Waals surface area (Å²) in [6, 6.07) is 20.2. The van der Waals surface area contributed by atoms with E-state index in [1.807, 2.05) is 66.4 Å². The van der Waals surface area contributed by atoms with Crippen molar-refractivity contribution in [2.75, 3.05) is 38.1 Å². The van der Waals surface area contributed by atoms with Crippen LogP contribution in [0, 0.1) is 0 Å². The molecule has 1 fully saturated rings. The Kier molecular flexibility index (Phi) is 7.32. The molecule has 0 bridgehead atoms. The van der Waals surface area contributed by atoms with Crippen molar-refractivity contribution in [3.63, 3.8) is 0 Å². The van der Waals surface area contributed by atoms with Crippen LogP contribution in [0.1, 0.15) is 28.9 Å². The first-order chi connectivity index (χ1) is 16.2. The minimum Gasteiger partial charge on any atom is -0.492 e. The first-order valence-corrected chi connectivity index (χ1v) is 11.2. The third-order valence-corrected chi connectivity index (χ3v) is 5.70. The molecule has 1 N–H and O–H groups in total. The van der Waals surface area contributed by atoms with Gasteiger partial charge in [0.05, 0.1) is 12.3 Å². The van der Waals surface area contributed by atoms with Gasteiger partial charge in [0.2, 0.25) is 5.91 Å². The average molecular weight is 445 g/mol. The van der Waals surface area contributed by atoms with E-state index in [9.17, 15) is 9.59 Å². The van der Waals surface area contributed by atoms with Gasteiger partial charge in [-0.3, -0.25) is 19.5 Å². The van der Waals surface area contributed by atoms with Gasteiger partial charge >= 0.3 is 0 Å². The molecule has 33 heavy (non-hydrogen) atoms. The summed E-state index contributed by atoms with van der Waals surface area (Å²) in [5.74, 6) is 0.513. The maximum absolute atomic E-state index is 13.5. The third-order valence-electron chi connectivity index (χ3n) is 5.70. The second-order valence-electron chi connectivity index (χ2n) is 7.80. The summed E-state index contributed by atoms with van der Waals surface area (Å²) in [6.45, 7) is 4.72. The highest BCUT2D eigenvalue weighted by Gasteiger charge is 2.32. The molecule has 2 aromatic carbocycles. The molecule has 4 rings (SSSR count). The molecule has 1 aliphatic rings. The number of hydrogen-bond donors (Lipinski definition) is 1. The Labute approximate surface area is 194 Å². The molecular formula is C26H28N4O3. The van der Waals surface area contributed by atoms with Crippen molar-refractivity contribution < 1.29 is 14.3 Å². The monoisotopic (exact) mass is 444 g/mol. The van der Waals surface area contributed by atoms with Gasteiger partial charge in [-0.2, -0.15) is 0 Å². The first-order valence-electron chi connectivity index (χ1n) is 11.2. The fourth-order valence-electron chi connectivity index (χ4n) is 4.08. The minimum atomic E-state index is -0.473. The van der Waals surface area contributed by atoms with E-state index in [0.29, 0.717) is 49.8 Å². The number of hydrogen-bond acceptors (Lipinski definition) is 5. The van der Waals surface area contributed by atoms with Crippen LogP contribution in [0.3, 0.4) is 0 Å². The molecule has 0 aliphatic carbocycles. The fourth-order valence-corrected chi connectivity index (χ4v) is 4.08. The van der Waals surface area contributed by atoms with Crippen molar-refractivity contribution in [3.05, 3.63) is 90.3 Å². The molecule has 0 radical (unpaired) electrons. The van der Waals surface area contributed by atoms with Gasteiger partial charge in [-0.1, -0.05) is 42.5 Å². The van der Waals surface area contributed by atoms with Crippen LogP contribution in [-0.2, 0) is 4.79 Å². The van der Waals surface area contributed by atoms with Crippen molar-refractivity contribution in [1.29, 1.82) is 0 Å². The molecule has 1 aliphatic heterocycles. The summed E-state index contributed by atoms with van der Waals surface area (Å²) in [5.41, 5.74) is 2.19. The van der Waals surface area contributed by atoms with Crippen LogP contribution in [0.2, 0.25) is 0 Å². The van der Waals surface area contributed by atoms with Gasteiger partial charge in [0.25, 0.3) is 5.91 Å². The second kappa shape index (κ2) is 10.7. The predicted molar refractivity (Wildman–Crippen MR) is 127 cm³/mol. The van der Waals surface area contributed by atoms with Gasteiger partial charge in [0.1, 0.15) is 11.8 Å². The SMILES string of the molecule is CCOc1ccccc1NC(=O)C(c1ccccc1)N1CCN(C(=O)c2ccncc2)CC1. The minimum absolute atomic E-state index is 0.0107. The van der Waals surface area contributed by atoms with Gasteiger partial charge in [0.15, 0.2) is 0 Å². The van der Waals surface area contributed by atoms with Crippen molar-refractivity contribution in [3.8, 4) is 5.75 Å². The molecule has 3 aromatic rings. The number of nitrogens with zero attached hydrogens (tertiary/aromatic N) is 3. The quantitative estimate of drug-likeness (QED) is 0.603. The normalized spacial score (nSPS) is 15.0. The molecule has 170 valence electrons. The fraction of sp³-hybridized carbons (Fsp3) is 0.269. The molecule has 0 spiro atoms. The van der Waals surface area contributed by atoms with Crippen LogP contribution in [0.5, 0.6) is 5.75 Å². The van der Waals surface area contributed by atoms with E-state index < -0.39 is 6.04 Å². The van der Waals surface area contributed by atoms with E-state index >= 15 is 0 Å². The van der Waals surface area contributed by atoms with E-state index in [1.54, 1.807) is 24.5 Å². The molecular weight excluding hydrogens is 416 g/mol. The number of piperazine rings is 1. The summed E-state index contributed by atoms with van der Waals surface area (Å²) in [6.07, 6.45) is 3.25. The van der Waals surface area contributed by atoms with Crippen molar-refractivity contribution >= 4 is 17.5 Å². The number of para-hydroxylation sites is 2. The topological polar surface area (TPSA) is 74.8 Å². The van der Waals surface area contributed by atoms with Gasteiger partial charge in [0, 0.05) is 44.1 Å². The van der Waals surface area contributed by atoms with Crippen LogP contribution in [0.15, 0.2) is 79.1 Å². The lowest BCUT2D eigenvalue weighted by atomic mass is 10.0. The van der Waals surface area contributed by atoms with Crippen LogP contribution in [0.25, 0.3) is 0 Å². The van der Waals surface area contributed by atoms with Crippen LogP contribution in [-0.4, -0.2) is 59.4 Å². The van der Waals surface area contributed by atoms with Gasteiger partial charge in [-0.25, -0.2) is 0 Å². The Balaban J connectivity index is 1.50. The number of rotatable bonds is 7. The molecule has 1 unspecified atom stereocenters. The summed E-state index contributed by atoms with van der Waals surface area (Å²) in [4.78, 5) is 34.3. The Morgan fingerprint density at radius 2 is 1.61 bits per heavy atom.